The summed E-state index contributed by atoms with van der Waals surface area (Å²) in [5.74, 6) is 0.382. The van der Waals surface area contributed by atoms with Gasteiger partial charge in [0, 0.05) is 20.7 Å². The molecule has 1 saturated heterocycles. The molecule has 1 aliphatic heterocycles. The van der Waals surface area contributed by atoms with E-state index >= 15 is 0 Å². The molecule has 1 aromatic carbocycles. The van der Waals surface area contributed by atoms with Gasteiger partial charge in [-0.3, -0.25) is 9.69 Å². The number of likely N-dealkylation sites (tertiary alicyclic amines) is 1. The van der Waals surface area contributed by atoms with Gasteiger partial charge in [-0.05, 0) is 37.6 Å². The molecule has 1 aliphatic rings. The first-order valence-corrected chi connectivity index (χ1v) is 12.9. The lowest BCUT2D eigenvalue weighted by Crippen LogP contribution is -2.48. The van der Waals surface area contributed by atoms with Crippen LogP contribution in [0.4, 0.5) is 0 Å². The highest BCUT2D eigenvalue weighted by Crippen LogP contribution is 2.27. The van der Waals surface area contributed by atoms with Crippen molar-refractivity contribution >= 4 is 14.0 Å². The average Bonchev–Trinajstić information content (AvgIpc) is 2.56. The zero-order valence-electron chi connectivity index (χ0n) is 15.8. The minimum Gasteiger partial charge on any atom is -0.426 e. The summed E-state index contributed by atoms with van der Waals surface area (Å²) in [4.78, 5) is 15.1. The van der Waals surface area contributed by atoms with E-state index in [2.05, 4.69) is 43.3 Å². The molecule has 0 aliphatic carbocycles. The molecule has 0 aromatic heterocycles. The van der Waals surface area contributed by atoms with Crippen molar-refractivity contribution in [1.82, 2.24) is 4.90 Å². The van der Waals surface area contributed by atoms with Gasteiger partial charge in [0.25, 0.3) is 0 Å². The summed E-state index contributed by atoms with van der Waals surface area (Å²) in [5.41, 5.74) is 0. The molecule has 2 atom stereocenters. The van der Waals surface area contributed by atoms with Crippen LogP contribution in [0.25, 0.3) is 0 Å². The minimum absolute atomic E-state index is 0.0966. The molecule has 1 aromatic rings. The molecular weight excluding hydrogens is 326 g/mol. The van der Waals surface area contributed by atoms with Crippen LogP contribution in [0, 0.1) is 5.92 Å². The second-order valence-electron chi connectivity index (χ2n) is 7.95. The Kier molecular flexibility index (Phi) is 7.20. The van der Waals surface area contributed by atoms with Gasteiger partial charge in [-0.15, -0.1) is 6.58 Å². The largest absolute Gasteiger partial charge is 0.426 e. The van der Waals surface area contributed by atoms with Crippen molar-refractivity contribution in [1.29, 1.82) is 0 Å². The number of hydrogen-bond donors (Lipinski definition) is 0. The normalized spacial score (nSPS) is 22.0. The lowest BCUT2D eigenvalue weighted by molar-refractivity contribution is -0.142. The van der Waals surface area contributed by atoms with Crippen LogP contribution in [0.5, 0.6) is 5.75 Å². The Hall–Kier alpha value is -1.65. The van der Waals surface area contributed by atoms with Crippen LogP contribution in [0.2, 0.25) is 25.7 Å². The molecule has 3 nitrogen and oxygen atoms in total. The van der Waals surface area contributed by atoms with Crippen LogP contribution in [0.1, 0.15) is 12.8 Å². The third kappa shape index (κ3) is 6.29. The molecule has 136 valence electrons. The molecular formula is C21H31NO2Si. The predicted molar refractivity (Wildman–Crippen MR) is 108 cm³/mol. The highest BCUT2D eigenvalue weighted by atomic mass is 28.3. The van der Waals surface area contributed by atoms with Gasteiger partial charge in [-0.1, -0.05) is 56.1 Å². The monoisotopic (exact) mass is 357 g/mol. The van der Waals surface area contributed by atoms with E-state index in [4.69, 9.17) is 4.74 Å². The Bertz CT molecular complexity index is 592. The third-order valence-electron chi connectivity index (χ3n) is 4.49. The Morgan fingerprint density at radius 3 is 2.68 bits per heavy atom. The molecule has 0 saturated carbocycles. The summed E-state index contributed by atoms with van der Waals surface area (Å²) in [6.07, 6.45) is 8.32. The van der Waals surface area contributed by atoms with Crippen molar-refractivity contribution < 1.29 is 9.53 Å². The highest BCUT2D eigenvalue weighted by Gasteiger charge is 2.35. The maximum absolute atomic E-state index is 12.8. The number of hydrogen-bond acceptors (Lipinski definition) is 3. The molecule has 0 unspecified atom stereocenters. The first-order chi connectivity index (χ1) is 11.9. The maximum atomic E-state index is 12.8. The number of carbonyl (C=O) groups excluding carboxylic acids is 1. The van der Waals surface area contributed by atoms with Crippen molar-refractivity contribution in [2.24, 2.45) is 5.92 Å². The van der Waals surface area contributed by atoms with Gasteiger partial charge in [0.1, 0.15) is 5.75 Å². The summed E-state index contributed by atoms with van der Waals surface area (Å²) in [6, 6.07) is 10.6. The zero-order chi connectivity index (χ0) is 18.3. The van der Waals surface area contributed by atoms with Crippen LogP contribution in [0.3, 0.4) is 0 Å². The van der Waals surface area contributed by atoms with Gasteiger partial charge < -0.3 is 4.74 Å². The summed E-state index contributed by atoms with van der Waals surface area (Å²) in [7, 11) is -1.13. The first-order valence-electron chi connectivity index (χ1n) is 9.19. The molecule has 1 fully saturated rings. The number of benzene rings is 1. The van der Waals surface area contributed by atoms with Crippen LogP contribution in [0.15, 0.2) is 55.1 Å². The van der Waals surface area contributed by atoms with Crippen LogP contribution < -0.4 is 4.74 Å². The van der Waals surface area contributed by atoms with Crippen molar-refractivity contribution in [3.63, 3.8) is 0 Å². The van der Waals surface area contributed by atoms with E-state index in [0.717, 1.165) is 32.0 Å². The lowest BCUT2D eigenvalue weighted by atomic mass is 9.88. The Morgan fingerprint density at radius 2 is 2.04 bits per heavy atom. The van der Waals surface area contributed by atoms with Crippen molar-refractivity contribution in [3.05, 3.63) is 55.1 Å². The smallest absolute Gasteiger partial charge is 0.316 e. The Morgan fingerprint density at radius 1 is 1.32 bits per heavy atom. The van der Waals surface area contributed by atoms with Crippen LogP contribution in [-0.2, 0) is 4.79 Å². The lowest BCUT2D eigenvalue weighted by Gasteiger charge is -2.38. The summed E-state index contributed by atoms with van der Waals surface area (Å²) in [6.45, 7) is 12.8. The number of rotatable bonds is 7. The quantitative estimate of drug-likeness (QED) is 0.305. The van der Waals surface area contributed by atoms with E-state index in [1.807, 2.05) is 36.4 Å². The van der Waals surface area contributed by atoms with Gasteiger partial charge in [-0.2, -0.15) is 0 Å². The van der Waals surface area contributed by atoms with E-state index in [1.165, 1.54) is 0 Å². The molecule has 0 amide bonds. The molecule has 4 heteroatoms. The molecule has 25 heavy (non-hydrogen) atoms. The van der Waals surface area contributed by atoms with Gasteiger partial charge in [0.2, 0.25) is 0 Å². The van der Waals surface area contributed by atoms with Crippen molar-refractivity contribution in [3.8, 4) is 5.75 Å². The summed E-state index contributed by atoms with van der Waals surface area (Å²) < 4.78 is 5.64. The number of carbonyl (C=O) groups is 1. The predicted octanol–water partition coefficient (Wildman–Crippen LogP) is 4.75. The fourth-order valence-electron chi connectivity index (χ4n) is 3.22. The van der Waals surface area contributed by atoms with Gasteiger partial charge in [0.05, 0.1) is 5.92 Å². The fourth-order valence-corrected chi connectivity index (χ4v) is 4.07. The van der Waals surface area contributed by atoms with E-state index < -0.39 is 8.07 Å². The van der Waals surface area contributed by atoms with E-state index in [-0.39, 0.29) is 17.9 Å². The van der Waals surface area contributed by atoms with Crippen LogP contribution >= 0.6 is 0 Å². The van der Waals surface area contributed by atoms with E-state index in [1.54, 1.807) is 0 Å². The standard InChI is InChI=1S/C21H31NO2Si/c1-5-15-22-16-9-13-19(20(22)14-10-17-25(2,3)4)21(23)24-18-11-7-6-8-12-18/h5-8,10-12,14,19-20H,1,9,13,15-17H2,2-4H3/b14-10+/t19-,20+/m1/s1. The minimum atomic E-state index is -1.13. The fraction of sp³-hybridized carbons (Fsp3) is 0.476. The number of allylic oxidation sites excluding steroid dienone is 1. The van der Waals surface area contributed by atoms with Gasteiger partial charge >= 0.3 is 5.97 Å². The van der Waals surface area contributed by atoms with E-state index in [9.17, 15) is 4.79 Å². The topological polar surface area (TPSA) is 29.5 Å². The number of esters is 1. The molecule has 1 heterocycles. The second kappa shape index (κ2) is 9.16. The molecule has 0 radical (unpaired) electrons. The average molecular weight is 358 g/mol. The summed E-state index contributed by atoms with van der Waals surface area (Å²) in [5, 5.41) is 0. The number of ether oxygens (including phenoxy) is 1. The maximum Gasteiger partial charge on any atom is 0.316 e. The second-order valence-corrected chi connectivity index (χ2v) is 13.5. The van der Waals surface area contributed by atoms with E-state index in [0.29, 0.717) is 5.75 Å². The SMILES string of the molecule is C=CCN1CCC[C@@H](C(=O)Oc2ccccc2)[C@@H]1/C=C/C[Si](C)(C)C. The summed E-state index contributed by atoms with van der Waals surface area (Å²) >= 11 is 0. The number of nitrogens with zero attached hydrogens (tertiary/aromatic N) is 1. The van der Waals surface area contributed by atoms with Gasteiger partial charge in [-0.25, -0.2) is 0 Å². The number of piperidine rings is 1. The molecule has 0 N–H and O–H groups in total. The van der Waals surface area contributed by atoms with Gasteiger partial charge in [0.15, 0.2) is 0 Å². The van der Waals surface area contributed by atoms with Crippen molar-refractivity contribution in [2.75, 3.05) is 13.1 Å². The molecule has 2 rings (SSSR count). The van der Waals surface area contributed by atoms with Crippen molar-refractivity contribution in [2.45, 2.75) is 44.6 Å². The number of para-hydroxylation sites is 1. The van der Waals surface area contributed by atoms with Crippen LogP contribution in [-0.4, -0.2) is 38.1 Å². The Labute approximate surface area is 153 Å². The zero-order valence-corrected chi connectivity index (χ0v) is 16.8. The molecule has 0 bridgehead atoms. The first kappa shape index (κ1) is 19.7. The Balaban J connectivity index is 2.13. The third-order valence-corrected chi connectivity index (χ3v) is 5.95. The molecule has 0 spiro atoms. The highest BCUT2D eigenvalue weighted by molar-refractivity contribution is 6.76.